The monoisotopic (exact) mass is 373 g/mol. The number of rotatable bonds is 5. The number of amides is 1. The summed E-state index contributed by atoms with van der Waals surface area (Å²) in [6.45, 7) is 7.68. The summed E-state index contributed by atoms with van der Waals surface area (Å²) < 4.78 is 0. The van der Waals surface area contributed by atoms with E-state index in [1.165, 1.54) is 23.6 Å². The minimum Gasteiger partial charge on any atom is -0.326 e. The van der Waals surface area contributed by atoms with E-state index in [2.05, 4.69) is 58.9 Å². The maximum atomic E-state index is 11.1. The molecule has 0 aromatic heterocycles. The molecule has 1 fully saturated rings. The zero-order valence-electron chi connectivity index (χ0n) is 15.5. The van der Waals surface area contributed by atoms with Gasteiger partial charge in [-0.2, -0.15) is 0 Å². The van der Waals surface area contributed by atoms with Gasteiger partial charge < -0.3 is 10.6 Å². The molecule has 1 heterocycles. The van der Waals surface area contributed by atoms with Gasteiger partial charge in [0.1, 0.15) is 0 Å². The lowest BCUT2D eigenvalue weighted by Gasteiger charge is -2.36. The van der Waals surface area contributed by atoms with Crippen LogP contribution in [0.25, 0.3) is 0 Å². The zero-order valence-corrected chi connectivity index (χ0v) is 16.3. The van der Waals surface area contributed by atoms with E-state index in [4.69, 9.17) is 0 Å². The van der Waals surface area contributed by atoms with E-state index in [-0.39, 0.29) is 18.3 Å². The van der Waals surface area contributed by atoms with Crippen molar-refractivity contribution in [3.05, 3.63) is 65.2 Å². The molecular formula is C21H28ClN3O. The minimum atomic E-state index is -0.0366. The highest BCUT2D eigenvalue weighted by molar-refractivity contribution is 5.88. The molecule has 26 heavy (non-hydrogen) atoms. The summed E-state index contributed by atoms with van der Waals surface area (Å²) in [4.78, 5) is 13.7. The van der Waals surface area contributed by atoms with Crippen molar-refractivity contribution in [3.8, 4) is 0 Å². The van der Waals surface area contributed by atoms with E-state index >= 15 is 0 Å². The topological polar surface area (TPSA) is 44.4 Å². The van der Waals surface area contributed by atoms with Gasteiger partial charge >= 0.3 is 0 Å². The first kappa shape index (κ1) is 20.4. The van der Waals surface area contributed by atoms with Gasteiger partial charge in [0.2, 0.25) is 5.91 Å². The Morgan fingerprint density at radius 2 is 1.77 bits per heavy atom. The lowest BCUT2D eigenvalue weighted by Crippen LogP contribution is -2.45. The van der Waals surface area contributed by atoms with Gasteiger partial charge in [-0.1, -0.05) is 43.3 Å². The van der Waals surface area contributed by atoms with Crippen molar-refractivity contribution >= 4 is 24.0 Å². The molecule has 0 saturated carbocycles. The first-order valence-electron chi connectivity index (χ1n) is 9.06. The lowest BCUT2D eigenvalue weighted by molar-refractivity contribution is -0.114. The molecule has 2 aromatic carbocycles. The van der Waals surface area contributed by atoms with Crippen LogP contribution in [0, 0.1) is 0 Å². The lowest BCUT2D eigenvalue weighted by atomic mass is 10.00. The Hall–Kier alpha value is -1.88. The maximum Gasteiger partial charge on any atom is 0.221 e. The van der Waals surface area contributed by atoms with Crippen LogP contribution in [0.15, 0.2) is 48.5 Å². The average molecular weight is 374 g/mol. The van der Waals surface area contributed by atoms with Gasteiger partial charge in [0.25, 0.3) is 0 Å². The fourth-order valence-electron chi connectivity index (χ4n) is 3.37. The third-order valence-electron chi connectivity index (χ3n) is 4.79. The van der Waals surface area contributed by atoms with Crippen LogP contribution >= 0.6 is 12.4 Å². The van der Waals surface area contributed by atoms with Gasteiger partial charge in [0, 0.05) is 44.8 Å². The molecule has 4 nitrogen and oxygen atoms in total. The Labute approximate surface area is 162 Å². The zero-order chi connectivity index (χ0) is 17.6. The van der Waals surface area contributed by atoms with Crippen molar-refractivity contribution in [2.75, 3.05) is 25.0 Å². The summed E-state index contributed by atoms with van der Waals surface area (Å²) in [5.41, 5.74) is 4.88. The summed E-state index contributed by atoms with van der Waals surface area (Å²) in [6.07, 6.45) is 1.08. The van der Waals surface area contributed by atoms with Crippen molar-refractivity contribution in [2.45, 2.75) is 32.9 Å². The SMILES string of the molecule is CCc1ccc(C2CNCCN2Cc2ccc(NC(C)=O)cc2)cc1.Cl. The molecule has 1 saturated heterocycles. The van der Waals surface area contributed by atoms with Gasteiger partial charge in [0.05, 0.1) is 0 Å². The summed E-state index contributed by atoms with van der Waals surface area (Å²) >= 11 is 0. The molecule has 2 N–H and O–H groups in total. The molecule has 1 unspecified atom stereocenters. The molecule has 0 aliphatic carbocycles. The molecule has 2 aromatic rings. The molecule has 0 bridgehead atoms. The number of carbonyl (C=O) groups is 1. The largest absolute Gasteiger partial charge is 0.326 e. The van der Waals surface area contributed by atoms with E-state index in [1.54, 1.807) is 0 Å². The second-order valence-corrected chi connectivity index (χ2v) is 6.66. The summed E-state index contributed by atoms with van der Waals surface area (Å²) in [5, 5.41) is 6.34. The number of benzene rings is 2. The maximum absolute atomic E-state index is 11.1. The Morgan fingerprint density at radius 1 is 1.12 bits per heavy atom. The summed E-state index contributed by atoms with van der Waals surface area (Å²) in [5.74, 6) is -0.0366. The number of nitrogens with zero attached hydrogens (tertiary/aromatic N) is 1. The molecule has 3 rings (SSSR count). The molecule has 0 radical (unpaired) electrons. The predicted octanol–water partition coefficient (Wildman–Crippen LogP) is 3.78. The molecule has 0 spiro atoms. The quantitative estimate of drug-likeness (QED) is 0.838. The predicted molar refractivity (Wildman–Crippen MR) is 110 cm³/mol. The summed E-state index contributed by atoms with van der Waals surface area (Å²) in [7, 11) is 0. The van der Waals surface area contributed by atoms with Crippen LogP contribution in [-0.4, -0.2) is 30.4 Å². The first-order chi connectivity index (χ1) is 12.2. The highest BCUT2D eigenvalue weighted by Crippen LogP contribution is 2.25. The second-order valence-electron chi connectivity index (χ2n) is 6.66. The molecule has 1 atom stereocenters. The molecule has 1 aliphatic rings. The normalized spacial score (nSPS) is 17.4. The van der Waals surface area contributed by atoms with Crippen LogP contribution in [-0.2, 0) is 17.8 Å². The smallest absolute Gasteiger partial charge is 0.221 e. The third-order valence-corrected chi connectivity index (χ3v) is 4.79. The van der Waals surface area contributed by atoms with Crippen LogP contribution in [0.2, 0.25) is 0 Å². The Bertz CT molecular complexity index is 700. The van der Waals surface area contributed by atoms with Crippen LogP contribution < -0.4 is 10.6 Å². The van der Waals surface area contributed by atoms with Crippen molar-refractivity contribution in [1.82, 2.24) is 10.2 Å². The van der Waals surface area contributed by atoms with E-state index < -0.39 is 0 Å². The van der Waals surface area contributed by atoms with Crippen LogP contribution in [0.3, 0.4) is 0 Å². The number of anilines is 1. The van der Waals surface area contributed by atoms with Gasteiger partial charge in [-0.3, -0.25) is 9.69 Å². The van der Waals surface area contributed by atoms with E-state index in [9.17, 15) is 4.79 Å². The van der Waals surface area contributed by atoms with Crippen molar-refractivity contribution in [2.24, 2.45) is 0 Å². The number of piperazine rings is 1. The summed E-state index contributed by atoms with van der Waals surface area (Å²) in [6, 6.07) is 17.6. The van der Waals surface area contributed by atoms with Crippen molar-refractivity contribution in [3.63, 3.8) is 0 Å². The Kier molecular flexibility index (Phi) is 7.64. The Morgan fingerprint density at radius 3 is 2.38 bits per heavy atom. The first-order valence-corrected chi connectivity index (χ1v) is 9.06. The van der Waals surface area contributed by atoms with Gasteiger partial charge in [-0.15, -0.1) is 12.4 Å². The van der Waals surface area contributed by atoms with E-state index in [1.807, 2.05) is 12.1 Å². The van der Waals surface area contributed by atoms with Gasteiger partial charge in [-0.25, -0.2) is 0 Å². The van der Waals surface area contributed by atoms with Crippen LogP contribution in [0.5, 0.6) is 0 Å². The molecule has 1 amide bonds. The third kappa shape index (κ3) is 5.31. The fourth-order valence-corrected chi connectivity index (χ4v) is 3.37. The van der Waals surface area contributed by atoms with Gasteiger partial charge in [0.15, 0.2) is 0 Å². The number of hydrogen-bond donors (Lipinski definition) is 2. The number of halogens is 1. The molecular weight excluding hydrogens is 346 g/mol. The average Bonchev–Trinajstić information content (AvgIpc) is 2.63. The number of hydrogen-bond acceptors (Lipinski definition) is 3. The highest BCUT2D eigenvalue weighted by Gasteiger charge is 2.23. The van der Waals surface area contributed by atoms with Crippen LogP contribution in [0.1, 0.15) is 36.6 Å². The number of nitrogens with one attached hydrogen (secondary N) is 2. The number of aryl methyl sites for hydroxylation is 1. The van der Waals surface area contributed by atoms with E-state index in [0.717, 1.165) is 38.3 Å². The fraction of sp³-hybridized carbons (Fsp3) is 0.381. The van der Waals surface area contributed by atoms with Gasteiger partial charge in [-0.05, 0) is 35.2 Å². The minimum absolute atomic E-state index is 0. The van der Waals surface area contributed by atoms with Crippen molar-refractivity contribution < 1.29 is 4.79 Å². The number of carbonyl (C=O) groups excluding carboxylic acids is 1. The molecule has 1 aliphatic heterocycles. The standard InChI is InChI=1S/C21H27N3O.ClH/c1-3-17-4-8-19(9-5-17)21-14-22-12-13-24(21)15-18-6-10-20(11-7-18)23-16(2)25;/h4-11,21-22H,3,12-15H2,1-2H3,(H,23,25);1H. The Balaban J connectivity index is 0.00000243. The van der Waals surface area contributed by atoms with Crippen molar-refractivity contribution in [1.29, 1.82) is 0 Å². The van der Waals surface area contributed by atoms with E-state index in [0.29, 0.717) is 6.04 Å². The highest BCUT2D eigenvalue weighted by atomic mass is 35.5. The molecule has 5 heteroatoms. The molecule has 140 valence electrons. The second kappa shape index (κ2) is 9.72. The van der Waals surface area contributed by atoms with Crippen LogP contribution in [0.4, 0.5) is 5.69 Å².